The number of amides is 1. The van der Waals surface area contributed by atoms with Crippen LogP contribution in [0.2, 0.25) is 0 Å². The number of benzene rings is 1. The molecule has 1 atom stereocenters. The normalized spacial score (nSPS) is 17.4. The lowest BCUT2D eigenvalue weighted by Crippen LogP contribution is -2.48. The summed E-state index contributed by atoms with van der Waals surface area (Å²) >= 11 is 0. The molecule has 1 saturated heterocycles. The van der Waals surface area contributed by atoms with Gasteiger partial charge in [0.05, 0.1) is 11.3 Å². The SMILES string of the molecule is CC(C(=O)Nc1cc(C(F)(F)F)ccc1O)C1CNC1. The number of carbonyl (C=O) groups is 1. The van der Waals surface area contributed by atoms with Crippen LogP contribution in [0.1, 0.15) is 12.5 Å². The molecule has 0 spiro atoms. The summed E-state index contributed by atoms with van der Waals surface area (Å²) in [5.74, 6) is -0.940. The summed E-state index contributed by atoms with van der Waals surface area (Å²) in [6.07, 6.45) is -4.52. The van der Waals surface area contributed by atoms with Gasteiger partial charge in [0, 0.05) is 5.92 Å². The van der Waals surface area contributed by atoms with E-state index in [1.165, 1.54) is 0 Å². The largest absolute Gasteiger partial charge is 0.506 e. The van der Waals surface area contributed by atoms with Gasteiger partial charge in [-0.2, -0.15) is 13.2 Å². The zero-order valence-corrected chi connectivity index (χ0v) is 10.8. The van der Waals surface area contributed by atoms with Crippen LogP contribution in [0.3, 0.4) is 0 Å². The lowest BCUT2D eigenvalue weighted by molar-refractivity contribution is -0.137. The first-order chi connectivity index (χ1) is 9.29. The molecular weight excluding hydrogens is 273 g/mol. The van der Waals surface area contributed by atoms with Gasteiger partial charge in [0.2, 0.25) is 5.91 Å². The third-order valence-electron chi connectivity index (χ3n) is 3.52. The Morgan fingerprint density at radius 3 is 2.60 bits per heavy atom. The lowest BCUT2D eigenvalue weighted by atomic mass is 9.88. The highest BCUT2D eigenvalue weighted by Gasteiger charge is 2.32. The average molecular weight is 288 g/mol. The van der Waals surface area contributed by atoms with Crippen LogP contribution in [0, 0.1) is 11.8 Å². The van der Waals surface area contributed by atoms with E-state index in [2.05, 4.69) is 10.6 Å². The number of alkyl halides is 3. The van der Waals surface area contributed by atoms with Crippen molar-refractivity contribution in [3.63, 3.8) is 0 Å². The molecule has 7 heteroatoms. The fourth-order valence-electron chi connectivity index (χ4n) is 1.94. The number of rotatable bonds is 3. The molecule has 110 valence electrons. The summed E-state index contributed by atoms with van der Waals surface area (Å²) in [6, 6.07) is 2.43. The van der Waals surface area contributed by atoms with E-state index in [-0.39, 0.29) is 23.3 Å². The van der Waals surface area contributed by atoms with E-state index in [0.717, 1.165) is 18.2 Å². The Kier molecular flexibility index (Phi) is 3.89. The van der Waals surface area contributed by atoms with Gasteiger partial charge in [0.1, 0.15) is 5.75 Å². The number of carbonyl (C=O) groups excluding carboxylic acids is 1. The Hall–Kier alpha value is -1.76. The van der Waals surface area contributed by atoms with Gasteiger partial charge in [-0.15, -0.1) is 0 Å². The van der Waals surface area contributed by atoms with Crippen molar-refractivity contribution in [1.29, 1.82) is 0 Å². The molecule has 20 heavy (non-hydrogen) atoms. The lowest BCUT2D eigenvalue weighted by Gasteiger charge is -2.31. The minimum atomic E-state index is -4.52. The predicted octanol–water partition coefficient (Wildman–Crippen LogP) is 2.21. The number of nitrogens with one attached hydrogen (secondary N) is 2. The second kappa shape index (κ2) is 5.32. The monoisotopic (exact) mass is 288 g/mol. The van der Waals surface area contributed by atoms with E-state index < -0.39 is 17.6 Å². The van der Waals surface area contributed by atoms with E-state index in [9.17, 15) is 23.1 Å². The van der Waals surface area contributed by atoms with Gasteiger partial charge in [-0.1, -0.05) is 6.92 Å². The van der Waals surface area contributed by atoms with Crippen molar-refractivity contribution in [1.82, 2.24) is 5.32 Å². The van der Waals surface area contributed by atoms with Crippen molar-refractivity contribution < 1.29 is 23.1 Å². The second-order valence-electron chi connectivity index (χ2n) is 4.93. The molecule has 4 nitrogen and oxygen atoms in total. The van der Waals surface area contributed by atoms with Gasteiger partial charge in [0.25, 0.3) is 0 Å². The third-order valence-corrected chi connectivity index (χ3v) is 3.52. The Bertz CT molecular complexity index is 513. The molecule has 0 saturated carbocycles. The van der Waals surface area contributed by atoms with Crippen LogP contribution in [-0.4, -0.2) is 24.1 Å². The minimum absolute atomic E-state index is 0.169. The maximum Gasteiger partial charge on any atom is 0.416 e. The minimum Gasteiger partial charge on any atom is -0.506 e. The topological polar surface area (TPSA) is 61.4 Å². The first kappa shape index (κ1) is 14.6. The number of halogens is 3. The zero-order chi connectivity index (χ0) is 14.9. The maximum atomic E-state index is 12.6. The van der Waals surface area contributed by atoms with Crippen molar-refractivity contribution in [2.45, 2.75) is 13.1 Å². The van der Waals surface area contributed by atoms with Gasteiger partial charge in [-0.05, 0) is 37.2 Å². The van der Waals surface area contributed by atoms with Crippen molar-refractivity contribution in [2.24, 2.45) is 11.8 Å². The van der Waals surface area contributed by atoms with E-state index in [1.807, 2.05) is 0 Å². The number of phenolic OH excluding ortho intramolecular Hbond substituents is 1. The Balaban J connectivity index is 2.13. The van der Waals surface area contributed by atoms with Crippen LogP contribution in [-0.2, 0) is 11.0 Å². The molecule has 3 N–H and O–H groups in total. The summed E-state index contributed by atoms with van der Waals surface area (Å²) in [4.78, 5) is 11.9. The number of hydrogen-bond acceptors (Lipinski definition) is 3. The number of hydrogen-bond donors (Lipinski definition) is 3. The summed E-state index contributed by atoms with van der Waals surface area (Å²) < 4.78 is 37.8. The van der Waals surface area contributed by atoms with Crippen LogP contribution in [0.4, 0.5) is 18.9 Å². The Morgan fingerprint density at radius 2 is 2.10 bits per heavy atom. The molecule has 2 rings (SSSR count). The van der Waals surface area contributed by atoms with Crippen LogP contribution >= 0.6 is 0 Å². The molecule has 0 aliphatic carbocycles. The van der Waals surface area contributed by atoms with Crippen LogP contribution < -0.4 is 10.6 Å². The van der Waals surface area contributed by atoms with Crippen LogP contribution in [0.15, 0.2) is 18.2 Å². The van der Waals surface area contributed by atoms with Gasteiger partial charge < -0.3 is 15.7 Å². The van der Waals surface area contributed by atoms with Crippen LogP contribution in [0.5, 0.6) is 5.75 Å². The van der Waals surface area contributed by atoms with E-state index in [4.69, 9.17) is 0 Å². The Labute approximate surface area is 114 Å². The van der Waals surface area contributed by atoms with Crippen molar-refractivity contribution >= 4 is 11.6 Å². The molecule has 1 aromatic rings. The van der Waals surface area contributed by atoms with Gasteiger partial charge >= 0.3 is 6.18 Å². The Morgan fingerprint density at radius 1 is 1.45 bits per heavy atom. The third kappa shape index (κ3) is 3.04. The summed E-state index contributed by atoms with van der Waals surface area (Å²) in [7, 11) is 0. The zero-order valence-electron chi connectivity index (χ0n) is 10.8. The van der Waals surface area contributed by atoms with Gasteiger partial charge in [-0.3, -0.25) is 4.79 Å². The number of phenols is 1. The number of aromatic hydroxyl groups is 1. The highest BCUT2D eigenvalue weighted by molar-refractivity contribution is 5.94. The molecule has 1 unspecified atom stereocenters. The molecule has 0 aromatic heterocycles. The molecule has 1 amide bonds. The summed E-state index contributed by atoms with van der Waals surface area (Å²) in [5.41, 5.74) is -1.13. The standard InChI is InChI=1S/C13H15F3N2O2/c1-7(8-5-17-6-8)12(20)18-10-4-9(13(14,15)16)2-3-11(10)19/h2-4,7-8,17,19H,5-6H2,1H3,(H,18,20). The van der Waals surface area contributed by atoms with Crippen LogP contribution in [0.25, 0.3) is 0 Å². The fourth-order valence-corrected chi connectivity index (χ4v) is 1.94. The maximum absolute atomic E-state index is 12.6. The summed E-state index contributed by atoms with van der Waals surface area (Å²) in [6.45, 7) is 3.14. The molecule has 1 aliphatic rings. The molecule has 0 bridgehead atoms. The molecule has 1 fully saturated rings. The van der Waals surface area contributed by atoms with Crippen molar-refractivity contribution in [2.75, 3.05) is 18.4 Å². The van der Waals surface area contributed by atoms with E-state index >= 15 is 0 Å². The molecular formula is C13H15F3N2O2. The van der Waals surface area contributed by atoms with Crippen molar-refractivity contribution in [3.8, 4) is 5.75 Å². The molecule has 1 aliphatic heterocycles. The first-order valence-corrected chi connectivity index (χ1v) is 6.21. The molecule has 1 aromatic carbocycles. The van der Waals surface area contributed by atoms with E-state index in [0.29, 0.717) is 13.1 Å². The number of anilines is 1. The quantitative estimate of drug-likeness (QED) is 0.747. The fraction of sp³-hybridized carbons (Fsp3) is 0.462. The molecule has 0 radical (unpaired) electrons. The summed E-state index contributed by atoms with van der Waals surface area (Å²) in [5, 5.41) is 14.9. The van der Waals surface area contributed by atoms with Gasteiger partial charge in [0.15, 0.2) is 0 Å². The highest BCUT2D eigenvalue weighted by atomic mass is 19.4. The predicted molar refractivity (Wildman–Crippen MR) is 67.3 cm³/mol. The van der Waals surface area contributed by atoms with E-state index in [1.54, 1.807) is 6.92 Å². The van der Waals surface area contributed by atoms with Crippen molar-refractivity contribution in [3.05, 3.63) is 23.8 Å². The average Bonchev–Trinajstić information content (AvgIpc) is 2.28. The highest BCUT2D eigenvalue weighted by Crippen LogP contribution is 2.34. The van der Waals surface area contributed by atoms with Gasteiger partial charge in [-0.25, -0.2) is 0 Å². The first-order valence-electron chi connectivity index (χ1n) is 6.21. The molecule has 1 heterocycles. The second-order valence-corrected chi connectivity index (χ2v) is 4.93. The smallest absolute Gasteiger partial charge is 0.416 e.